The quantitative estimate of drug-likeness (QED) is 0.830. The number of nitrogens with zero attached hydrogens (tertiary/aromatic N) is 4. The van der Waals surface area contributed by atoms with Gasteiger partial charge in [-0.15, -0.1) is 0 Å². The molecule has 7 heteroatoms. The summed E-state index contributed by atoms with van der Waals surface area (Å²) in [5.74, 6) is 1.14. The number of aromatic nitrogens is 2. The van der Waals surface area contributed by atoms with Crippen LogP contribution in [0.1, 0.15) is 41.1 Å². The van der Waals surface area contributed by atoms with Crippen molar-refractivity contribution in [1.82, 2.24) is 20.2 Å². The van der Waals surface area contributed by atoms with E-state index >= 15 is 0 Å². The Balaban J connectivity index is 1.58. The zero-order chi connectivity index (χ0) is 19.9. The number of nitrogens with one attached hydrogen (secondary N) is 1. The number of hydrogen-bond donors (Lipinski definition) is 1. The molecule has 2 aromatic rings. The Hall–Kier alpha value is -2.96. The lowest BCUT2D eigenvalue weighted by Gasteiger charge is -2.35. The van der Waals surface area contributed by atoms with Gasteiger partial charge in [-0.05, 0) is 36.6 Å². The minimum absolute atomic E-state index is 0.141. The number of hydrogen-bond acceptors (Lipinski definition) is 5. The van der Waals surface area contributed by atoms with Gasteiger partial charge in [0.2, 0.25) is 0 Å². The van der Waals surface area contributed by atoms with E-state index in [1.807, 2.05) is 18.2 Å². The van der Waals surface area contributed by atoms with Crippen molar-refractivity contribution in [2.75, 3.05) is 37.6 Å². The third kappa shape index (κ3) is 5.06. The summed E-state index contributed by atoms with van der Waals surface area (Å²) in [6, 6.07) is 9.04. The summed E-state index contributed by atoms with van der Waals surface area (Å²) >= 11 is 0. The number of carbonyl (C=O) groups excluding carboxylic acids is 2. The summed E-state index contributed by atoms with van der Waals surface area (Å²) in [6.45, 7) is 7.49. The van der Waals surface area contributed by atoms with Crippen molar-refractivity contribution in [3.63, 3.8) is 0 Å². The molecule has 0 aromatic carbocycles. The Labute approximate surface area is 165 Å². The molecule has 1 aliphatic heterocycles. The summed E-state index contributed by atoms with van der Waals surface area (Å²) < 4.78 is 0. The fourth-order valence-electron chi connectivity index (χ4n) is 3.11. The molecule has 0 unspecified atom stereocenters. The molecule has 0 aliphatic carbocycles. The van der Waals surface area contributed by atoms with E-state index in [0.29, 0.717) is 36.8 Å². The fraction of sp³-hybridized carbons (Fsp3) is 0.429. The summed E-state index contributed by atoms with van der Waals surface area (Å²) in [5.41, 5.74) is 0.775. The number of piperazine rings is 1. The maximum absolute atomic E-state index is 12.8. The highest BCUT2D eigenvalue weighted by atomic mass is 16.2. The van der Waals surface area contributed by atoms with E-state index in [9.17, 15) is 9.59 Å². The molecule has 3 heterocycles. The largest absolute Gasteiger partial charge is 0.353 e. The monoisotopic (exact) mass is 381 g/mol. The van der Waals surface area contributed by atoms with Crippen molar-refractivity contribution in [1.29, 1.82) is 0 Å². The van der Waals surface area contributed by atoms with Gasteiger partial charge in [-0.1, -0.05) is 19.9 Å². The Morgan fingerprint density at radius 3 is 2.54 bits per heavy atom. The van der Waals surface area contributed by atoms with Gasteiger partial charge in [-0.3, -0.25) is 14.6 Å². The molecule has 1 aliphatic rings. The summed E-state index contributed by atoms with van der Waals surface area (Å²) in [4.78, 5) is 37.6. The van der Waals surface area contributed by atoms with Crippen LogP contribution in [-0.2, 0) is 0 Å². The second kappa shape index (κ2) is 9.30. The lowest BCUT2D eigenvalue weighted by atomic mass is 10.1. The molecule has 7 nitrogen and oxygen atoms in total. The summed E-state index contributed by atoms with van der Waals surface area (Å²) in [7, 11) is 0. The van der Waals surface area contributed by atoms with Gasteiger partial charge >= 0.3 is 0 Å². The van der Waals surface area contributed by atoms with Crippen LogP contribution in [0.4, 0.5) is 5.82 Å². The molecule has 0 atom stereocenters. The van der Waals surface area contributed by atoms with Crippen LogP contribution in [0.25, 0.3) is 0 Å². The second-order valence-electron chi connectivity index (χ2n) is 7.34. The van der Waals surface area contributed by atoms with Crippen LogP contribution in [0, 0.1) is 5.92 Å². The highest BCUT2D eigenvalue weighted by Crippen LogP contribution is 2.14. The Morgan fingerprint density at radius 1 is 1.07 bits per heavy atom. The highest BCUT2D eigenvalue weighted by Gasteiger charge is 2.24. The van der Waals surface area contributed by atoms with Gasteiger partial charge in [-0.25, -0.2) is 4.98 Å². The Morgan fingerprint density at radius 2 is 1.86 bits per heavy atom. The maximum atomic E-state index is 12.8. The Kier molecular flexibility index (Phi) is 6.57. The molecule has 1 N–H and O–H groups in total. The van der Waals surface area contributed by atoms with E-state index < -0.39 is 0 Å². The third-order valence-electron chi connectivity index (χ3n) is 4.79. The fourth-order valence-corrected chi connectivity index (χ4v) is 3.11. The maximum Gasteiger partial charge on any atom is 0.272 e. The molecular formula is C21H27N5O2. The minimum Gasteiger partial charge on any atom is -0.353 e. The van der Waals surface area contributed by atoms with Gasteiger partial charge in [0.05, 0.1) is 0 Å². The van der Waals surface area contributed by atoms with E-state index in [1.54, 1.807) is 23.2 Å². The topological polar surface area (TPSA) is 78.4 Å². The van der Waals surface area contributed by atoms with Crippen molar-refractivity contribution in [3.8, 4) is 0 Å². The molecule has 0 spiro atoms. The number of rotatable bonds is 6. The molecule has 2 aromatic heterocycles. The van der Waals surface area contributed by atoms with Crippen LogP contribution < -0.4 is 10.2 Å². The first kappa shape index (κ1) is 19.8. The van der Waals surface area contributed by atoms with Gasteiger partial charge in [0.15, 0.2) is 0 Å². The van der Waals surface area contributed by atoms with E-state index in [1.165, 1.54) is 6.20 Å². The van der Waals surface area contributed by atoms with E-state index in [2.05, 4.69) is 34.0 Å². The average Bonchev–Trinajstić information content (AvgIpc) is 2.74. The molecule has 28 heavy (non-hydrogen) atoms. The number of amides is 2. The summed E-state index contributed by atoms with van der Waals surface area (Å²) in [5, 5.41) is 2.89. The lowest BCUT2D eigenvalue weighted by Crippen LogP contribution is -2.49. The molecule has 2 amide bonds. The van der Waals surface area contributed by atoms with Crippen molar-refractivity contribution in [3.05, 3.63) is 54.0 Å². The molecule has 1 fully saturated rings. The first-order valence-corrected chi connectivity index (χ1v) is 9.74. The normalized spacial score (nSPS) is 14.2. The predicted octanol–water partition coefficient (Wildman–Crippen LogP) is 2.21. The van der Waals surface area contributed by atoms with Gasteiger partial charge in [0.25, 0.3) is 11.8 Å². The van der Waals surface area contributed by atoms with Crippen molar-refractivity contribution in [2.45, 2.75) is 20.3 Å². The Bertz CT molecular complexity index is 801. The van der Waals surface area contributed by atoms with Crippen molar-refractivity contribution >= 4 is 17.6 Å². The van der Waals surface area contributed by atoms with Crippen molar-refractivity contribution in [2.24, 2.45) is 5.92 Å². The van der Waals surface area contributed by atoms with Crippen LogP contribution in [0.2, 0.25) is 0 Å². The van der Waals surface area contributed by atoms with Gasteiger partial charge in [-0.2, -0.15) is 0 Å². The average molecular weight is 381 g/mol. The van der Waals surface area contributed by atoms with Crippen LogP contribution in [-0.4, -0.2) is 59.4 Å². The molecule has 1 saturated heterocycles. The molecule has 0 radical (unpaired) electrons. The molecule has 3 rings (SSSR count). The smallest absolute Gasteiger partial charge is 0.272 e. The second-order valence-corrected chi connectivity index (χ2v) is 7.34. The molecule has 0 bridgehead atoms. The zero-order valence-corrected chi connectivity index (χ0v) is 16.5. The summed E-state index contributed by atoms with van der Waals surface area (Å²) in [6.07, 6.45) is 4.21. The predicted molar refractivity (Wildman–Crippen MR) is 108 cm³/mol. The van der Waals surface area contributed by atoms with Crippen LogP contribution in [0.3, 0.4) is 0 Å². The van der Waals surface area contributed by atoms with Crippen LogP contribution >= 0.6 is 0 Å². The lowest BCUT2D eigenvalue weighted by molar-refractivity contribution is 0.0740. The molecule has 0 saturated carbocycles. The van der Waals surface area contributed by atoms with Gasteiger partial charge in [0, 0.05) is 50.7 Å². The van der Waals surface area contributed by atoms with Crippen molar-refractivity contribution < 1.29 is 9.59 Å². The van der Waals surface area contributed by atoms with Crippen LogP contribution in [0.5, 0.6) is 0 Å². The number of anilines is 1. The van der Waals surface area contributed by atoms with Gasteiger partial charge in [0.1, 0.15) is 11.5 Å². The number of carbonyl (C=O) groups is 2. The van der Waals surface area contributed by atoms with E-state index in [-0.39, 0.29) is 11.8 Å². The van der Waals surface area contributed by atoms with Crippen LogP contribution in [0.15, 0.2) is 42.7 Å². The first-order valence-electron chi connectivity index (χ1n) is 9.74. The molecular weight excluding hydrogens is 354 g/mol. The SMILES string of the molecule is CC(C)CCNC(=O)c1ccnc(C(=O)N2CCN(c3ccccn3)CC2)c1. The van der Waals surface area contributed by atoms with Gasteiger partial charge < -0.3 is 15.1 Å². The highest BCUT2D eigenvalue weighted by molar-refractivity contribution is 5.98. The standard InChI is InChI=1S/C21H27N5O2/c1-16(2)6-9-24-20(27)17-7-10-22-18(15-17)21(28)26-13-11-25(12-14-26)19-5-3-4-8-23-19/h3-5,7-8,10,15-16H,6,9,11-14H2,1-2H3,(H,24,27). The number of pyridine rings is 2. The first-order chi connectivity index (χ1) is 13.5. The molecule has 148 valence electrons. The minimum atomic E-state index is -0.169. The van der Waals surface area contributed by atoms with E-state index in [0.717, 1.165) is 25.3 Å². The van der Waals surface area contributed by atoms with E-state index in [4.69, 9.17) is 0 Å². The zero-order valence-electron chi connectivity index (χ0n) is 16.5. The third-order valence-corrected chi connectivity index (χ3v) is 4.79.